The Labute approximate surface area is 87.3 Å². The third kappa shape index (κ3) is 2.29. The molecule has 0 aliphatic rings. The monoisotopic (exact) mass is 214 g/mol. The fourth-order valence-corrected chi connectivity index (χ4v) is 1.96. The standard InChI is InChI=1S/C9H14N2O2S/c1-6(4-8(12)13)7-5-10-9(14-3)11(7)2/h5-6H,4H2,1-3H3,(H,12,13). The second-order valence-electron chi connectivity index (χ2n) is 3.23. The first-order valence-electron chi connectivity index (χ1n) is 4.33. The Bertz CT molecular complexity index is 336. The smallest absolute Gasteiger partial charge is 0.304 e. The molecule has 0 aromatic carbocycles. The van der Waals surface area contributed by atoms with Crippen molar-refractivity contribution in [3.05, 3.63) is 11.9 Å². The normalized spacial score (nSPS) is 12.8. The molecule has 78 valence electrons. The Morgan fingerprint density at radius 3 is 2.86 bits per heavy atom. The van der Waals surface area contributed by atoms with E-state index in [4.69, 9.17) is 5.11 Å². The third-order valence-corrected chi connectivity index (χ3v) is 2.89. The largest absolute Gasteiger partial charge is 0.481 e. The minimum atomic E-state index is -0.774. The van der Waals surface area contributed by atoms with E-state index in [9.17, 15) is 4.79 Å². The van der Waals surface area contributed by atoms with E-state index in [-0.39, 0.29) is 12.3 Å². The predicted octanol–water partition coefficient (Wildman–Crippen LogP) is 1.72. The SMILES string of the molecule is CSc1ncc(C(C)CC(=O)O)n1C. The summed E-state index contributed by atoms with van der Waals surface area (Å²) < 4.78 is 1.94. The van der Waals surface area contributed by atoms with Crippen LogP contribution in [-0.4, -0.2) is 26.9 Å². The molecule has 5 heteroatoms. The maximum atomic E-state index is 10.5. The Hall–Kier alpha value is -0.970. The summed E-state index contributed by atoms with van der Waals surface area (Å²) in [4.78, 5) is 14.7. The van der Waals surface area contributed by atoms with Gasteiger partial charge in [0.2, 0.25) is 0 Å². The molecule has 1 heterocycles. The van der Waals surface area contributed by atoms with E-state index < -0.39 is 5.97 Å². The van der Waals surface area contributed by atoms with Crippen LogP contribution in [0.25, 0.3) is 0 Å². The number of rotatable bonds is 4. The number of aliphatic carboxylic acids is 1. The summed E-state index contributed by atoms with van der Waals surface area (Å²) >= 11 is 1.56. The molecule has 0 aliphatic heterocycles. The van der Waals surface area contributed by atoms with Gasteiger partial charge in [0.15, 0.2) is 5.16 Å². The van der Waals surface area contributed by atoms with Crippen molar-refractivity contribution in [2.45, 2.75) is 24.4 Å². The predicted molar refractivity (Wildman–Crippen MR) is 55.7 cm³/mol. The van der Waals surface area contributed by atoms with E-state index >= 15 is 0 Å². The first-order chi connectivity index (χ1) is 6.56. The van der Waals surface area contributed by atoms with Gasteiger partial charge in [-0.25, -0.2) is 4.98 Å². The van der Waals surface area contributed by atoms with E-state index in [1.807, 2.05) is 24.8 Å². The average Bonchev–Trinajstić information content (AvgIpc) is 2.45. The number of carboxylic acid groups (broad SMARTS) is 1. The average molecular weight is 214 g/mol. The molecule has 0 amide bonds. The highest BCUT2D eigenvalue weighted by atomic mass is 32.2. The molecule has 14 heavy (non-hydrogen) atoms. The quantitative estimate of drug-likeness (QED) is 0.775. The zero-order valence-corrected chi connectivity index (χ0v) is 9.34. The Balaban J connectivity index is 2.84. The Kier molecular flexibility index (Phi) is 3.57. The highest BCUT2D eigenvalue weighted by Crippen LogP contribution is 2.22. The van der Waals surface area contributed by atoms with Crippen molar-refractivity contribution < 1.29 is 9.90 Å². The zero-order valence-electron chi connectivity index (χ0n) is 8.52. The molecule has 1 rings (SSSR count). The van der Waals surface area contributed by atoms with Gasteiger partial charge >= 0.3 is 5.97 Å². The van der Waals surface area contributed by atoms with Gasteiger partial charge in [0.25, 0.3) is 0 Å². The van der Waals surface area contributed by atoms with Crippen LogP contribution in [0.5, 0.6) is 0 Å². The van der Waals surface area contributed by atoms with Gasteiger partial charge in [-0.3, -0.25) is 4.79 Å². The van der Waals surface area contributed by atoms with E-state index in [1.165, 1.54) is 0 Å². The summed E-state index contributed by atoms with van der Waals surface area (Å²) in [5.74, 6) is -0.768. The fraction of sp³-hybridized carbons (Fsp3) is 0.556. The molecular formula is C9H14N2O2S. The number of thioether (sulfide) groups is 1. The van der Waals surface area contributed by atoms with Gasteiger partial charge in [-0.05, 0) is 6.26 Å². The Morgan fingerprint density at radius 2 is 2.43 bits per heavy atom. The molecule has 0 spiro atoms. The van der Waals surface area contributed by atoms with Gasteiger partial charge in [-0.1, -0.05) is 18.7 Å². The molecule has 1 atom stereocenters. The highest BCUT2D eigenvalue weighted by Gasteiger charge is 2.15. The first kappa shape index (κ1) is 11.1. The summed E-state index contributed by atoms with van der Waals surface area (Å²) in [5, 5.41) is 9.58. The van der Waals surface area contributed by atoms with E-state index in [0.717, 1.165) is 10.9 Å². The van der Waals surface area contributed by atoms with Crippen molar-refractivity contribution in [1.29, 1.82) is 0 Å². The van der Waals surface area contributed by atoms with Crippen molar-refractivity contribution >= 4 is 17.7 Å². The topological polar surface area (TPSA) is 55.1 Å². The van der Waals surface area contributed by atoms with Crippen LogP contribution in [0.2, 0.25) is 0 Å². The van der Waals surface area contributed by atoms with E-state index in [2.05, 4.69) is 4.98 Å². The second kappa shape index (κ2) is 4.50. The number of nitrogens with zero attached hydrogens (tertiary/aromatic N) is 2. The van der Waals surface area contributed by atoms with E-state index in [0.29, 0.717) is 0 Å². The number of hydrogen-bond acceptors (Lipinski definition) is 3. The molecule has 0 fully saturated rings. The molecule has 1 unspecified atom stereocenters. The lowest BCUT2D eigenvalue weighted by Gasteiger charge is -2.09. The van der Waals surface area contributed by atoms with Gasteiger partial charge in [0.1, 0.15) is 0 Å². The summed E-state index contributed by atoms with van der Waals surface area (Å²) in [5.41, 5.74) is 0.969. The minimum absolute atomic E-state index is 0.00546. The maximum Gasteiger partial charge on any atom is 0.304 e. The van der Waals surface area contributed by atoms with Crippen LogP contribution in [0.3, 0.4) is 0 Å². The lowest BCUT2D eigenvalue weighted by Crippen LogP contribution is -2.07. The van der Waals surface area contributed by atoms with Crippen LogP contribution in [0.1, 0.15) is 25.0 Å². The summed E-state index contributed by atoms with van der Waals surface area (Å²) in [6.45, 7) is 1.90. The second-order valence-corrected chi connectivity index (χ2v) is 4.00. The van der Waals surface area contributed by atoms with Crippen molar-refractivity contribution in [2.75, 3.05) is 6.26 Å². The van der Waals surface area contributed by atoms with Crippen molar-refractivity contribution in [3.8, 4) is 0 Å². The maximum absolute atomic E-state index is 10.5. The molecule has 0 bridgehead atoms. The molecule has 0 radical (unpaired) electrons. The van der Waals surface area contributed by atoms with Crippen LogP contribution < -0.4 is 0 Å². The molecule has 1 aromatic rings. The number of carboxylic acids is 1. The molecular weight excluding hydrogens is 200 g/mol. The molecule has 0 saturated carbocycles. The molecule has 1 aromatic heterocycles. The zero-order chi connectivity index (χ0) is 10.7. The van der Waals surface area contributed by atoms with Crippen LogP contribution >= 0.6 is 11.8 Å². The summed E-state index contributed by atoms with van der Waals surface area (Å²) in [7, 11) is 1.91. The lowest BCUT2D eigenvalue weighted by molar-refractivity contribution is -0.137. The van der Waals surface area contributed by atoms with Gasteiger partial charge in [0, 0.05) is 24.9 Å². The fourth-order valence-electron chi connectivity index (χ4n) is 1.42. The van der Waals surface area contributed by atoms with Crippen molar-refractivity contribution in [1.82, 2.24) is 9.55 Å². The number of imidazole rings is 1. The van der Waals surface area contributed by atoms with Gasteiger partial charge in [-0.2, -0.15) is 0 Å². The Morgan fingerprint density at radius 1 is 1.79 bits per heavy atom. The summed E-state index contributed by atoms with van der Waals surface area (Å²) in [6, 6.07) is 0. The van der Waals surface area contributed by atoms with Gasteiger partial charge in [-0.15, -0.1) is 0 Å². The molecule has 1 N–H and O–H groups in total. The van der Waals surface area contributed by atoms with E-state index in [1.54, 1.807) is 18.0 Å². The molecule has 0 aliphatic carbocycles. The van der Waals surface area contributed by atoms with Gasteiger partial charge in [0.05, 0.1) is 6.42 Å². The molecule has 4 nitrogen and oxygen atoms in total. The lowest BCUT2D eigenvalue weighted by atomic mass is 10.1. The van der Waals surface area contributed by atoms with Crippen LogP contribution in [0, 0.1) is 0 Å². The molecule has 0 saturated heterocycles. The highest BCUT2D eigenvalue weighted by molar-refractivity contribution is 7.98. The number of aromatic nitrogens is 2. The summed E-state index contributed by atoms with van der Waals surface area (Å²) in [6.07, 6.45) is 3.85. The first-order valence-corrected chi connectivity index (χ1v) is 5.56. The van der Waals surface area contributed by atoms with Crippen LogP contribution in [0.15, 0.2) is 11.4 Å². The third-order valence-electron chi connectivity index (χ3n) is 2.15. The van der Waals surface area contributed by atoms with Gasteiger partial charge < -0.3 is 9.67 Å². The van der Waals surface area contributed by atoms with Crippen LogP contribution in [-0.2, 0) is 11.8 Å². The van der Waals surface area contributed by atoms with Crippen molar-refractivity contribution in [2.24, 2.45) is 7.05 Å². The number of hydrogen-bond donors (Lipinski definition) is 1. The minimum Gasteiger partial charge on any atom is -0.481 e. The van der Waals surface area contributed by atoms with Crippen LogP contribution in [0.4, 0.5) is 0 Å². The van der Waals surface area contributed by atoms with Crippen molar-refractivity contribution in [3.63, 3.8) is 0 Å². The number of carbonyl (C=O) groups is 1.